The summed E-state index contributed by atoms with van der Waals surface area (Å²) in [5, 5.41) is 10.9. The molecule has 6 heteroatoms. The molecule has 2 aliphatic heterocycles. The van der Waals surface area contributed by atoms with Crippen LogP contribution in [0.4, 0.5) is 34.1 Å². The van der Waals surface area contributed by atoms with Gasteiger partial charge >= 0.3 is 0 Å². The second-order valence-corrected chi connectivity index (χ2v) is 30.8. The van der Waals surface area contributed by atoms with Gasteiger partial charge in [-0.15, -0.1) is 0 Å². The molecule has 72 heavy (non-hydrogen) atoms. The first-order valence-corrected chi connectivity index (χ1v) is 31.6. The van der Waals surface area contributed by atoms with Crippen molar-refractivity contribution in [2.75, 3.05) is 9.80 Å². The lowest BCUT2D eigenvalue weighted by molar-refractivity contribution is 0.669. The Bertz CT molecular complexity index is 3800. The van der Waals surface area contributed by atoms with Gasteiger partial charge in [-0.3, -0.25) is 0 Å². The van der Waals surface area contributed by atoms with Crippen LogP contribution in [0.25, 0.3) is 66.1 Å². The maximum atomic E-state index is 7.21. The summed E-state index contributed by atoms with van der Waals surface area (Å²) in [5.41, 5.74) is 25.9. The topological polar surface area (TPSA) is 32.8 Å². The maximum Gasteiger partial charge on any atom is 0.160 e. The van der Waals surface area contributed by atoms with Gasteiger partial charge in [0, 0.05) is 44.3 Å². The minimum absolute atomic E-state index is 0.915. The van der Waals surface area contributed by atoms with Gasteiger partial charge in [0.1, 0.15) is 27.3 Å². The van der Waals surface area contributed by atoms with E-state index in [0.717, 1.165) is 56.5 Å². The van der Waals surface area contributed by atoms with Gasteiger partial charge in [0.15, 0.2) is 11.2 Å². The first-order valence-electron chi connectivity index (χ1n) is 25.6. The molecule has 4 heterocycles. The smallest absolute Gasteiger partial charge is 0.160 e. The van der Waals surface area contributed by atoms with E-state index in [4.69, 9.17) is 8.83 Å². The highest BCUT2D eigenvalue weighted by molar-refractivity contribution is 7.13. The van der Waals surface area contributed by atoms with Crippen LogP contribution in [-0.4, -0.2) is 16.1 Å². The van der Waals surface area contributed by atoms with Gasteiger partial charge < -0.3 is 18.6 Å². The Balaban J connectivity index is 1.11. The van der Waals surface area contributed by atoms with E-state index in [2.05, 4.69) is 237 Å². The number of hydrogen-bond donors (Lipinski definition) is 0. The first kappa shape index (κ1) is 44.5. The summed E-state index contributed by atoms with van der Waals surface area (Å²) >= 11 is 0. The van der Waals surface area contributed by atoms with E-state index < -0.39 is 16.1 Å². The number of aryl methyl sites for hydroxylation is 8. The van der Waals surface area contributed by atoms with Crippen molar-refractivity contribution in [3.63, 3.8) is 0 Å². The minimum Gasteiger partial charge on any atom is -0.454 e. The van der Waals surface area contributed by atoms with E-state index >= 15 is 0 Å². The van der Waals surface area contributed by atoms with Crippen molar-refractivity contribution in [1.82, 2.24) is 0 Å². The molecule has 4 nitrogen and oxygen atoms in total. The van der Waals surface area contributed by atoms with Gasteiger partial charge in [-0.05, 0) is 169 Å². The Hall–Kier alpha value is -7.39. The molecule has 0 amide bonds. The van der Waals surface area contributed by atoms with E-state index in [9.17, 15) is 0 Å². The lowest BCUT2D eigenvalue weighted by Gasteiger charge is -2.31. The lowest BCUT2D eigenvalue weighted by atomic mass is 9.94. The zero-order valence-electron chi connectivity index (χ0n) is 43.6. The van der Waals surface area contributed by atoms with Crippen LogP contribution >= 0.6 is 0 Å². The van der Waals surface area contributed by atoms with E-state index in [1.165, 1.54) is 98.7 Å². The fourth-order valence-electron chi connectivity index (χ4n) is 13.2. The molecule has 0 unspecified atom stereocenters. The van der Waals surface area contributed by atoms with Gasteiger partial charge in [0.25, 0.3) is 0 Å². The fraction of sp³-hybridized carbons (Fsp3) is 0.182. The van der Waals surface area contributed by atoms with Crippen LogP contribution in [0, 0.1) is 55.4 Å². The zero-order valence-corrected chi connectivity index (χ0v) is 45.6. The average molecular weight is 969 g/mol. The fourth-order valence-corrected chi connectivity index (χ4v) is 21.7. The summed E-state index contributed by atoms with van der Waals surface area (Å²) < 4.78 is 14.4. The highest BCUT2D eigenvalue weighted by Gasteiger charge is 2.50. The molecule has 0 radical (unpaired) electrons. The minimum atomic E-state index is -2.51. The number of para-hydroxylation sites is 2. The van der Waals surface area contributed by atoms with Gasteiger partial charge in [-0.2, -0.15) is 0 Å². The average Bonchev–Trinajstić information content (AvgIpc) is 4.04. The van der Waals surface area contributed by atoms with E-state index in [-0.39, 0.29) is 0 Å². The molecule has 0 fully saturated rings. The van der Waals surface area contributed by atoms with Crippen LogP contribution in [0.2, 0.25) is 26.2 Å². The quantitative estimate of drug-likeness (QED) is 0.155. The van der Waals surface area contributed by atoms with Crippen molar-refractivity contribution < 1.29 is 8.83 Å². The molecular weight excluding hydrogens is 909 g/mol. The van der Waals surface area contributed by atoms with Gasteiger partial charge in [-0.25, -0.2) is 0 Å². The van der Waals surface area contributed by atoms with Crippen molar-refractivity contribution >= 4 is 115 Å². The van der Waals surface area contributed by atoms with Crippen LogP contribution < -0.4 is 30.5 Å². The molecule has 13 rings (SSSR count). The van der Waals surface area contributed by atoms with Crippen molar-refractivity contribution in [1.29, 1.82) is 0 Å². The summed E-state index contributed by atoms with van der Waals surface area (Å²) in [4.78, 5) is 5.00. The first-order chi connectivity index (χ1) is 34.5. The third kappa shape index (κ3) is 6.21. The molecule has 0 saturated heterocycles. The summed E-state index contributed by atoms with van der Waals surface area (Å²) in [6, 6.07) is 55.0. The summed E-state index contributed by atoms with van der Waals surface area (Å²) in [6.07, 6.45) is 0. The van der Waals surface area contributed by atoms with E-state index in [1.807, 2.05) is 0 Å². The Kier molecular flexibility index (Phi) is 9.63. The van der Waals surface area contributed by atoms with E-state index in [0.29, 0.717) is 0 Å². The number of nitrogens with zero attached hydrogens (tertiary/aromatic N) is 2. The Labute approximate surface area is 425 Å². The predicted molar refractivity (Wildman–Crippen MR) is 313 cm³/mol. The highest BCUT2D eigenvalue weighted by Crippen LogP contribution is 2.52. The number of anilines is 6. The molecule has 0 saturated carbocycles. The van der Waals surface area contributed by atoms with Crippen molar-refractivity contribution in [2.24, 2.45) is 0 Å². The van der Waals surface area contributed by atoms with E-state index in [1.54, 1.807) is 10.4 Å². The Morgan fingerprint density at radius 1 is 0.347 bits per heavy atom. The number of benzene rings is 9. The van der Waals surface area contributed by atoms with Crippen LogP contribution in [0.1, 0.15) is 44.5 Å². The molecular formula is C66H60N2O2Si2. The van der Waals surface area contributed by atoms with Crippen LogP contribution in [0.15, 0.2) is 154 Å². The second kappa shape index (κ2) is 15.6. The summed E-state index contributed by atoms with van der Waals surface area (Å²) in [7, 11) is -5.01. The normalized spacial score (nSPS) is 14.1. The molecule has 2 aliphatic rings. The molecule has 0 N–H and O–H groups in total. The van der Waals surface area contributed by atoms with Gasteiger partial charge in [-0.1, -0.05) is 146 Å². The number of hydrogen-bond acceptors (Lipinski definition) is 4. The molecule has 2 aromatic heterocycles. The largest absolute Gasteiger partial charge is 0.454 e. The predicted octanol–water partition coefficient (Wildman–Crippen LogP) is 16.5. The molecule has 9 aromatic carbocycles. The van der Waals surface area contributed by atoms with Crippen LogP contribution in [0.5, 0.6) is 0 Å². The highest BCUT2D eigenvalue weighted by atomic mass is 28.3. The standard InChI is InChI=1S/C66H60N2O2Si2/c1-37-21-27-49(41(5)31-37)67(50-28-22-38(2)32-42(50)6)53-35-57-59(61-45-17-13-15-19-55(45)69-63(53)61)47-25-26-48-60-58(72(11,12)66(48)65(47)71(57,9)10)36-54(64-62(60)46-18-14-16-20-56(46)70-64)68(51-29-23-39(3)33-43(51)7)52-30-24-40(4)34-44(52)8/h13-36H,1-12H3. The zero-order chi connectivity index (χ0) is 49.9. The van der Waals surface area contributed by atoms with Crippen LogP contribution in [0.3, 0.4) is 0 Å². The lowest BCUT2D eigenvalue weighted by Crippen LogP contribution is -2.63. The molecule has 0 atom stereocenters. The van der Waals surface area contributed by atoms with Crippen LogP contribution in [-0.2, 0) is 0 Å². The molecule has 0 bridgehead atoms. The Morgan fingerprint density at radius 2 is 0.667 bits per heavy atom. The van der Waals surface area contributed by atoms with Gasteiger partial charge in [0.2, 0.25) is 0 Å². The Morgan fingerprint density at radius 3 is 0.986 bits per heavy atom. The maximum absolute atomic E-state index is 7.21. The summed E-state index contributed by atoms with van der Waals surface area (Å²) in [6.45, 7) is 28.2. The molecule has 0 spiro atoms. The molecule has 11 aromatic rings. The van der Waals surface area contributed by atoms with Crippen molar-refractivity contribution in [2.45, 2.75) is 81.6 Å². The van der Waals surface area contributed by atoms with Crippen molar-refractivity contribution in [3.8, 4) is 22.3 Å². The molecule has 0 aliphatic carbocycles. The van der Waals surface area contributed by atoms with Crippen molar-refractivity contribution in [3.05, 3.63) is 190 Å². The monoisotopic (exact) mass is 968 g/mol. The number of fused-ring (bicyclic) bond motifs is 15. The number of furan rings is 2. The third-order valence-electron chi connectivity index (χ3n) is 16.5. The molecule has 354 valence electrons. The second-order valence-electron chi connectivity index (χ2n) is 22.2. The number of rotatable bonds is 6. The SMILES string of the molecule is Cc1ccc(N(c2ccc(C)cc2C)c2cc3c(c4c2oc2ccccc24)-c2ccc4c(c2[Si]3(C)C)[Si](C)(C)c2cc(N(c3ccc(C)cc3C)c3ccc(C)cc3C)c3oc5ccccc5c3c2-4)c(C)c1. The van der Waals surface area contributed by atoms with Gasteiger partial charge in [0.05, 0.1) is 11.4 Å². The third-order valence-corrected chi connectivity index (χ3v) is 23.7. The summed E-state index contributed by atoms with van der Waals surface area (Å²) in [5.74, 6) is 0.